The minimum atomic E-state index is 0.137. The summed E-state index contributed by atoms with van der Waals surface area (Å²) >= 11 is 2.95. The van der Waals surface area contributed by atoms with E-state index in [0.717, 1.165) is 33.0 Å². The number of nitrogens with one attached hydrogen (secondary N) is 1. The summed E-state index contributed by atoms with van der Waals surface area (Å²) in [5.74, 6) is 1.09. The van der Waals surface area contributed by atoms with Crippen molar-refractivity contribution < 1.29 is 4.79 Å². The topological polar surface area (TPSA) is 59.8 Å². The molecular weight excluding hydrogens is 316 g/mol. The van der Waals surface area contributed by atoms with Gasteiger partial charge in [-0.05, 0) is 25.8 Å². The van der Waals surface area contributed by atoms with Crippen molar-refractivity contribution in [2.45, 2.75) is 32.0 Å². The molecule has 120 valence electrons. The molecule has 0 atom stereocenters. The molecule has 0 saturated heterocycles. The highest BCUT2D eigenvalue weighted by atomic mass is 32.2. The normalized spacial score (nSPS) is 11.2. The number of rotatable bonds is 7. The summed E-state index contributed by atoms with van der Waals surface area (Å²) in [7, 11) is 1.98. The van der Waals surface area contributed by atoms with Crippen molar-refractivity contribution in [2.24, 2.45) is 13.0 Å². The first kappa shape index (κ1) is 17.0. The molecule has 0 unspecified atom stereocenters. The standard InChI is InChI=1S/C15H22N4OS2/c1-9(2)7-16-14-17-18-15(22-14)21-8-13(20)12-6-10(3)19(5)11(12)4/h6,9H,7-8H2,1-5H3,(H,16,17). The van der Waals surface area contributed by atoms with E-state index >= 15 is 0 Å². The van der Waals surface area contributed by atoms with Gasteiger partial charge in [0.05, 0.1) is 5.75 Å². The second-order valence-corrected chi connectivity index (χ2v) is 7.90. The molecule has 0 fully saturated rings. The van der Waals surface area contributed by atoms with E-state index in [2.05, 4.69) is 29.4 Å². The molecule has 22 heavy (non-hydrogen) atoms. The number of hydrogen-bond donors (Lipinski definition) is 1. The van der Waals surface area contributed by atoms with Crippen molar-refractivity contribution in [2.75, 3.05) is 17.6 Å². The largest absolute Gasteiger partial charge is 0.360 e. The maximum atomic E-state index is 12.3. The van der Waals surface area contributed by atoms with E-state index in [1.54, 1.807) is 0 Å². The molecule has 2 heterocycles. The van der Waals surface area contributed by atoms with Crippen LogP contribution in [0.25, 0.3) is 0 Å². The fourth-order valence-corrected chi connectivity index (χ4v) is 3.62. The molecule has 0 aromatic carbocycles. The molecule has 0 spiro atoms. The van der Waals surface area contributed by atoms with E-state index in [1.807, 2.05) is 31.5 Å². The Hall–Kier alpha value is -1.34. The Morgan fingerprint density at radius 3 is 2.73 bits per heavy atom. The summed E-state index contributed by atoms with van der Waals surface area (Å²) in [5.41, 5.74) is 2.91. The van der Waals surface area contributed by atoms with Gasteiger partial charge in [-0.2, -0.15) is 0 Å². The average Bonchev–Trinajstić information content (AvgIpc) is 3.03. The molecule has 2 rings (SSSR count). The van der Waals surface area contributed by atoms with Gasteiger partial charge in [-0.25, -0.2) is 0 Å². The summed E-state index contributed by atoms with van der Waals surface area (Å²) in [6.45, 7) is 9.15. The van der Waals surface area contributed by atoms with Gasteiger partial charge in [0.15, 0.2) is 10.1 Å². The smallest absolute Gasteiger partial charge is 0.206 e. The van der Waals surface area contributed by atoms with Crippen LogP contribution in [0, 0.1) is 19.8 Å². The van der Waals surface area contributed by atoms with Crippen molar-refractivity contribution >= 4 is 34.0 Å². The Morgan fingerprint density at radius 2 is 2.14 bits per heavy atom. The van der Waals surface area contributed by atoms with Gasteiger partial charge in [-0.3, -0.25) is 4.79 Å². The highest BCUT2D eigenvalue weighted by Gasteiger charge is 2.15. The van der Waals surface area contributed by atoms with Gasteiger partial charge in [-0.1, -0.05) is 36.9 Å². The lowest BCUT2D eigenvalue weighted by atomic mass is 10.2. The molecule has 0 radical (unpaired) electrons. The maximum absolute atomic E-state index is 12.3. The van der Waals surface area contributed by atoms with Crippen LogP contribution >= 0.6 is 23.1 Å². The van der Waals surface area contributed by atoms with E-state index in [0.29, 0.717) is 11.7 Å². The summed E-state index contributed by atoms with van der Waals surface area (Å²) in [6.07, 6.45) is 0. The predicted molar refractivity (Wildman–Crippen MR) is 93.2 cm³/mol. The van der Waals surface area contributed by atoms with Crippen LogP contribution in [0.1, 0.15) is 35.6 Å². The summed E-state index contributed by atoms with van der Waals surface area (Å²) < 4.78 is 2.86. The molecule has 0 bridgehead atoms. The molecular formula is C15H22N4OS2. The third-order valence-electron chi connectivity index (χ3n) is 3.47. The molecule has 5 nitrogen and oxygen atoms in total. The van der Waals surface area contributed by atoms with Crippen LogP contribution in [0.15, 0.2) is 10.4 Å². The van der Waals surface area contributed by atoms with Crippen molar-refractivity contribution in [1.82, 2.24) is 14.8 Å². The summed E-state index contributed by atoms with van der Waals surface area (Å²) in [5, 5.41) is 12.3. The lowest BCUT2D eigenvalue weighted by Gasteiger charge is -2.03. The number of Topliss-reactive ketones (excluding diaryl/α,β-unsaturated/α-hetero) is 1. The Labute approximate surface area is 139 Å². The molecule has 2 aromatic heterocycles. The van der Waals surface area contributed by atoms with Crippen molar-refractivity contribution in [1.29, 1.82) is 0 Å². The van der Waals surface area contributed by atoms with Gasteiger partial charge in [0.25, 0.3) is 0 Å². The van der Waals surface area contributed by atoms with Crippen molar-refractivity contribution in [3.63, 3.8) is 0 Å². The Kier molecular flexibility index (Phi) is 5.63. The monoisotopic (exact) mass is 338 g/mol. The number of anilines is 1. The SMILES string of the molecule is Cc1cc(C(=O)CSc2nnc(NCC(C)C)s2)c(C)n1C. The molecule has 2 aromatic rings. The number of carbonyl (C=O) groups excluding carboxylic acids is 1. The minimum absolute atomic E-state index is 0.137. The fourth-order valence-electron chi connectivity index (χ4n) is 1.97. The number of nitrogens with zero attached hydrogens (tertiary/aromatic N) is 3. The zero-order valence-corrected chi connectivity index (χ0v) is 15.3. The first-order valence-corrected chi connectivity index (χ1v) is 9.05. The molecule has 0 amide bonds. The first-order valence-electron chi connectivity index (χ1n) is 7.24. The zero-order valence-electron chi connectivity index (χ0n) is 13.6. The van der Waals surface area contributed by atoms with Crippen molar-refractivity contribution in [3.05, 3.63) is 23.0 Å². The lowest BCUT2D eigenvalue weighted by molar-refractivity contribution is 0.102. The predicted octanol–water partition coefficient (Wildman–Crippen LogP) is 3.54. The van der Waals surface area contributed by atoms with Gasteiger partial charge in [0, 0.05) is 30.5 Å². The fraction of sp³-hybridized carbons (Fsp3) is 0.533. The number of aromatic nitrogens is 3. The third kappa shape index (κ3) is 4.10. The van der Waals surface area contributed by atoms with E-state index in [4.69, 9.17) is 0 Å². The second-order valence-electron chi connectivity index (χ2n) is 5.70. The molecule has 0 aliphatic carbocycles. The van der Waals surface area contributed by atoms with Crippen LogP contribution in [-0.2, 0) is 7.05 Å². The highest BCUT2D eigenvalue weighted by molar-refractivity contribution is 8.01. The molecule has 1 N–H and O–H groups in total. The van der Waals surface area contributed by atoms with E-state index in [9.17, 15) is 4.79 Å². The van der Waals surface area contributed by atoms with Gasteiger partial charge < -0.3 is 9.88 Å². The number of ketones is 1. The molecule has 0 saturated carbocycles. The second kappa shape index (κ2) is 7.28. The maximum Gasteiger partial charge on any atom is 0.206 e. The number of hydrogen-bond acceptors (Lipinski definition) is 6. The van der Waals surface area contributed by atoms with Gasteiger partial charge in [-0.15, -0.1) is 10.2 Å². The Morgan fingerprint density at radius 1 is 1.41 bits per heavy atom. The van der Waals surface area contributed by atoms with E-state index in [-0.39, 0.29) is 5.78 Å². The van der Waals surface area contributed by atoms with E-state index in [1.165, 1.54) is 23.1 Å². The van der Waals surface area contributed by atoms with Crippen LogP contribution in [0.2, 0.25) is 0 Å². The number of carbonyl (C=O) groups is 1. The highest BCUT2D eigenvalue weighted by Crippen LogP contribution is 2.27. The first-order chi connectivity index (χ1) is 10.4. The zero-order chi connectivity index (χ0) is 16.3. The number of aryl methyl sites for hydroxylation is 1. The quantitative estimate of drug-likeness (QED) is 0.618. The van der Waals surface area contributed by atoms with E-state index < -0.39 is 0 Å². The third-order valence-corrected chi connectivity index (χ3v) is 5.48. The summed E-state index contributed by atoms with van der Waals surface area (Å²) in [6, 6.07) is 1.95. The average molecular weight is 339 g/mol. The number of thioether (sulfide) groups is 1. The van der Waals surface area contributed by atoms with Crippen molar-refractivity contribution in [3.8, 4) is 0 Å². The Balaban J connectivity index is 1.92. The van der Waals surface area contributed by atoms with Crippen LogP contribution in [0.5, 0.6) is 0 Å². The van der Waals surface area contributed by atoms with Gasteiger partial charge in [0.1, 0.15) is 0 Å². The lowest BCUT2D eigenvalue weighted by Crippen LogP contribution is -2.07. The van der Waals surface area contributed by atoms with Gasteiger partial charge >= 0.3 is 0 Å². The van der Waals surface area contributed by atoms with Gasteiger partial charge in [0.2, 0.25) is 5.13 Å². The molecule has 0 aliphatic rings. The van der Waals surface area contributed by atoms with Crippen LogP contribution in [0.3, 0.4) is 0 Å². The molecule has 0 aliphatic heterocycles. The minimum Gasteiger partial charge on any atom is -0.360 e. The molecule has 7 heteroatoms. The van der Waals surface area contributed by atoms with Crippen LogP contribution in [0.4, 0.5) is 5.13 Å². The van der Waals surface area contributed by atoms with Crippen LogP contribution < -0.4 is 5.32 Å². The van der Waals surface area contributed by atoms with Crippen LogP contribution in [-0.4, -0.2) is 32.8 Å². The Bertz CT molecular complexity index is 661. The summed E-state index contributed by atoms with van der Waals surface area (Å²) in [4.78, 5) is 12.3.